The topological polar surface area (TPSA) is 90.4 Å². The number of carbonyl (C=O) groups excluding carboxylic acids is 1. The van der Waals surface area contributed by atoms with E-state index in [0.29, 0.717) is 23.1 Å². The molecule has 0 aromatic carbocycles. The van der Waals surface area contributed by atoms with E-state index in [1.54, 1.807) is 0 Å². The van der Waals surface area contributed by atoms with E-state index in [4.69, 9.17) is 16.2 Å². The Kier molecular flexibility index (Phi) is 3.85. The number of thiophene rings is 1. The Bertz CT molecular complexity index is 507. The third kappa shape index (κ3) is 3.07. The SMILES string of the molecule is NC(=O)c1sc(NCCOCC2CC2)c(C2CC2)c1N. The molecule has 1 aromatic rings. The van der Waals surface area contributed by atoms with Gasteiger partial charge in [-0.15, -0.1) is 11.3 Å². The second-order valence-corrected chi connectivity index (χ2v) is 6.69. The third-order valence-corrected chi connectivity index (χ3v) is 4.97. The van der Waals surface area contributed by atoms with Crippen molar-refractivity contribution in [1.29, 1.82) is 0 Å². The zero-order valence-electron chi connectivity index (χ0n) is 11.5. The molecule has 3 rings (SSSR count). The van der Waals surface area contributed by atoms with Crippen molar-refractivity contribution in [2.45, 2.75) is 31.6 Å². The Balaban J connectivity index is 1.58. The summed E-state index contributed by atoms with van der Waals surface area (Å²) in [5.41, 5.74) is 13.1. The maximum absolute atomic E-state index is 11.4. The summed E-state index contributed by atoms with van der Waals surface area (Å²) in [6.45, 7) is 2.30. The average molecular weight is 295 g/mol. The highest BCUT2D eigenvalue weighted by molar-refractivity contribution is 7.18. The molecule has 5 nitrogen and oxygen atoms in total. The second kappa shape index (κ2) is 5.61. The molecule has 5 N–H and O–H groups in total. The number of nitrogens with two attached hydrogens (primary N) is 2. The molecule has 2 saturated carbocycles. The molecule has 0 saturated heterocycles. The van der Waals surface area contributed by atoms with E-state index in [9.17, 15) is 4.79 Å². The summed E-state index contributed by atoms with van der Waals surface area (Å²) in [6, 6.07) is 0. The van der Waals surface area contributed by atoms with Crippen molar-refractivity contribution in [2.24, 2.45) is 11.7 Å². The first kappa shape index (κ1) is 13.7. The standard InChI is InChI=1S/C14H21N3O2S/c15-11-10(9-3-4-9)14(20-12(11)13(16)18)17-5-6-19-7-8-1-2-8/h8-9,17H,1-7,15H2,(H2,16,18). The van der Waals surface area contributed by atoms with Crippen molar-refractivity contribution >= 4 is 27.9 Å². The molecule has 20 heavy (non-hydrogen) atoms. The maximum atomic E-state index is 11.4. The van der Waals surface area contributed by atoms with Crippen LogP contribution in [0.2, 0.25) is 0 Å². The number of primary amides is 1. The van der Waals surface area contributed by atoms with Crippen LogP contribution in [-0.4, -0.2) is 25.7 Å². The van der Waals surface area contributed by atoms with Crippen LogP contribution >= 0.6 is 11.3 Å². The highest BCUT2D eigenvalue weighted by Gasteiger charge is 2.32. The molecule has 0 spiro atoms. The zero-order valence-corrected chi connectivity index (χ0v) is 12.3. The summed E-state index contributed by atoms with van der Waals surface area (Å²) in [5, 5.41) is 4.34. The smallest absolute Gasteiger partial charge is 0.260 e. The number of amides is 1. The van der Waals surface area contributed by atoms with Gasteiger partial charge in [0.2, 0.25) is 0 Å². The lowest BCUT2D eigenvalue weighted by Gasteiger charge is -2.08. The van der Waals surface area contributed by atoms with Crippen LogP contribution in [0.4, 0.5) is 10.7 Å². The van der Waals surface area contributed by atoms with E-state index in [-0.39, 0.29) is 0 Å². The number of hydrogen-bond acceptors (Lipinski definition) is 5. The molecule has 0 aliphatic heterocycles. The van der Waals surface area contributed by atoms with E-state index in [0.717, 1.165) is 42.5 Å². The van der Waals surface area contributed by atoms with E-state index < -0.39 is 5.91 Å². The van der Waals surface area contributed by atoms with E-state index in [2.05, 4.69) is 5.32 Å². The Labute approximate surface area is 122 Å². The van der Waals surface area contributed by atoms with Crippen molar-refractivity contribution in [2.75, 3.05) is 30.8 Å². The van der Waals surface area contributed by atoms with Gasteiger partial charge in [-0.25, -0.2) is 0 Å². The van der Waals surface area contributed by atoms with Crippen LogP contribution in [0.1, 0.15) is 46.8 Å². The van der Waals surface area contributed by atoms with Crippen LogP contribution in [0.3, 0.4) is 0 Å². The lowest BCUT2D eigenvalue weighted by Crippen LogP contribution is -2.11. The van der Waals surface area contributed by atoms with Gasteiger partial charge in [0.1, 0.15) is 4.88 Å². The van der Waals surface area contributed by atoms with Gasteiger partial charge < -0.3 is 21.5 Å². The van der Waals surface area contributed by atoms with Gasteiger partial charge in [-0.2, -0.15) is 0 Å². The zero-order chi connectivity index (χ0) is 14.1. The first-order chi connectivity index (χ1) is 9.66. The molecular formula is C14H21N3O2S. The number of nitrogen functional groups attached to an aromatic ring is 1. The molecular weight excluding hydrogens is 274 g/mol. The van der Waals surface area contributed by atoms with Crippen molar-refractivity contribution in [3.05, 3.63) is 10.4 Å². The molecule has 0 atom stereocenters. The fraction of sp³-hybridized carbons (Fsp3) is 0.643. The van der Waals surface area contributed by atoms with Crippen LogP contribution < -0.4 is 16.8 Å². The van der Waals surface area contributed by atoms with Crippen LogP contribution in [0.5, 0.6) is 0 Å². The Morgan fingerprint density at radius 3 is 2.70 bits per heavy atom. The lowest BCUT2D eigenvalue weighted by molar-refractivity contribution is 0.100. The van der Waals surface area contributed by atoms with Gasteiger partial charge in [0, 0.05) is 18.7 Å². The minimum atomic E-state index is -0.438. The molecule has 2 aliphatic rings. The maximum Gasteiger partial charge on any atom is 0.260 e. The average Bonchev–Trinajstić information content (AvgIpc) is 3.29. The fourth-order valence-electron chi connectivity index (χ4n) is 2.32. The third-order valence-electron chi connectivity index (χ3n) is 3.78. The Morgan fingerprint density at radius 1 is 1.35 bits per heavy atom. The van der Waals surface area contributed by atoms with Gasteiger partial charge in [-0.3, -0.25) is 4.79 Å². The number of nitrogens with one attached hydrogen (secondary N) is 1. The summed E-state index contributed by atoms with van der Waals surface area (Å²) in [6.07, 6.45) is 4.91. The predicted molar refractivity (Wildman–Crippen MR) is 81.3 cm³/mol. The van der Waals surface area contributed by atoms with Crippen LogP contribution in [0.15, 0.2) is 0 Å². The fourth-order valence-corrected chi connectivity index (χ4v) is 3.40. The number of rotatable bonds is 8. The van der Waals surface area contributed by atoms with Gasteiger partial charge in [0.15, 0.2) is 0 Å². The second-order valence-electron chi connectivity index (χ2n) is 5.67. The molecule has 1 heterocycles. The molecule has 0 unspecified atom stereocenters. The quantitative estimate of drug-likeness (QED) is 0.641. The monoisotopic (exact) mass is 295 g/mol. The minimum absolute atomic E-state index is 0.438. The van der Waals surface area contributed by atoms with E-state index >= 15 is 0 Å². The number of anilines is 2. The first-order valence-electron chi connectivity index (χ1n) is 7.20. The predicted octanol–water partition coefficient (Wildman–Crippen LogP) is 2.15. The van der Waals surface area contributed by atoms with Crippen molar-refractivity contribution in [3.8, 4) is 0 Å². The summed E-state index contributed by atoms with van der Waals surface area (Å²) >= 11 is 1.37. The number of ether oxygens (including phenoxy) is 1. The summed E-state index contributed by atoms with van der Waals surface area (Å²) in [4.78, 5) is 11.9. The summed E-state index contributed by atoms with van der Waals surface area (Å²) < 4.78 is 5.60. The van der Waals surface area contributed by atoms with Gasteiger partial charge >= 0.3 is 0 Å². The van der Waals surface area contributed by atoms with Gasteiger partial charge in [-0.1, -0.05) is 0 Å². The molecule has 1 amide bonds. The number of hydrogen-bond donors (Lipinski definition) is 3. The Morgan fingerprint density at radius 2 is 2.10 bits per heavy atom. The van der Waals surface area contributed by atoms with E-state index in [1.165, 1.54) is 24.2 Å². The van der Waals surface area contributed by atoms with Gasteiger partial charge in [0.25, 0.3) is 5.91 Å². The highest BCUT2D eigenvalue weighted by Crippen LogP contribution is 2.50. The molecule has 110 valence electrons. The highest BCUT2D eigenvalue weighted by atomic mass is 32.1. The molecule has 1 aromatic heterocycles. The summed E-state index contributed by atoms with van der Waals surface area (Å²) in [7, 11) is 0. The van der Waals surface area contributed by atoms with Gasteiger partial charge in [-0.05, 0) is 37.5 Å². The largest absolute Gasteiger partial charge is 0.397 e. The minimum Gasteiger partial charge on any atom is -0.397 e. The van der Waals surface area contributed by atoms with Crippen molar-refractivity contribution in [1.82, 2.24) is 0 Å². The van der Waals surface area contributed by atoms with Crippen LogP contribution in [-0.2, 0) is 4.74 Å². The van der Waals surface area contributed by atoms with Crippen LogP contribution in [0, 0.1) is 5.92 Å². The molecule has 2 fully saturated rings. The first-order valence-corrected chi connectivity index (χ1v) is 8.02. The molecule has 0 radical (unpaired) electrons. The van der Waals surface area contributed by atoms with Gasteiger partial charge in [0.05, 0.1) is 17.3 Å². The normalized spacial score (nSPS) is 18.2. The molecule has 6 heteroatoms. The van der Waals surface area contributed by atoms with E-state index in [1.807, 2.05) is 0 Å². The van der Waals surface area contributed by atoms with Crippen LogP contribution in [0.25, 0.3) is 0 Å². The summed E-state index contributed by atoms with van der Waals surface area (Å²) in [5.74, 6) is 0.845. The number of carbonyl (C=O) groups is 1. The molecule has 2 aliphatic carbocycles. The molecule has 0 bridgehead atoms. The lowest BCUT2D eigenvalue weighted by atomic mass is 10.1. The van der Waals surface area contributed by atoms with Crippen molar-refractivity contribution in [3.63, 3.8) is 0 Å². The Hall–Kier alpha value is -1.27. The van der Waals surface area contributed by atoms with Crippen molar-refractivity contribution < 1.29 is 9.53 Å².